The highest BCUT2D eigenvalue weighted by atomic mass is 16.5. The molecule has 2 N–H and O–H groups in total. The van der Waals surface area contributed by atoms with Crippen LogP contribution in [0.1, 0.15) is 16.7 Å². The fourth-order valence-electron chi connectivity index (χ4n) is 2.33. The molecule has 2 rings (SSSR count). The molecule has 0 heterocycles. The van der Waals surface area contributed by atoms with Gasteiger partial charge in [-0.05, 0) is 35.4 Å². The summed E-state index contributed by atoms with van der Waals surface area (Å²) in [6.45, 7) is 0. The van der Waals surface area contributed by atoms with Gasteiger partial charge in [-0.3, -0.25) is 4.79 Å². The minimum Gasteiger partial charge on any atom is -0.497 e. The number of benzene rings is 2. The summed E-state index contributed by atoms with van der Waals surface area (Å²) in [4.78, 5) is 23.5. The number of methoxy groups -OCH3 is 1. The van der Waals surface area contributed by atoms with Gasteiger partial charge in [0.15, 0.2) is 0 Å². The summed E-state index contributed by atoms with van der Waals surface area (Å²) in [5.41, 5.74) is 1.79. The predicted octanol–water partition coefficient (Wildman–Crippen LogP) is 2.39. The quantitative estimate of drug-likeness (QED) is 0.747. The Hall–Kier alpha value is -3.59. The number of carboxylic acids is 1. The average Bonchev–Trinajstić information content (AvgIpc) is 2.66. The van der Waals surface area contributed by atoms with Crippen molar-refractivity contribution in [2.24, 2.45) is 0 Å². The topological polar surface area (TPSA) is 99.4 Å². The van der Waals surface area contributed by atoms with E-state index in [0.717, 1.165) is 5.56 Å². The number of ether oxygens (including phenoxy) is 1. The van der Waals surface area contributed by atoms with Gasteiger partial charge < -0.3 is 15.2 Å². The van der Waals surface area contributed by atoms with Gasteiger partial charge in [-0.15, -0.1) is 0 Å². The highest BCUT2D eigenvalue weighted by Crippen LogP contribution is 2.13. The maximum absolute atomic E-state index is 12.1. The van der Waals surface area contributed by atoms with Gasteiger partial charge in [0, 0.05) is 12.5 Å². The minimum atomic E-state index is -1.13. The first-order valence-corrected chi connectivity index (χ1v) is 7.87. The molecule has 0 aliphatic rings. The van der Waals surface area contributed by atoms with E-state index in [9.17, 15) is 14.7 Å². The van der Waals surface area contributed by atoms with Gasteiger partial charge in [-0.2, -0.15) is 5.26 Å². The van der Waals surface area contributed by atoms with Crippen molar-refractivity contribution in [3.8, 4) is 11.8 Å². The summed E-state index contributed by atoms with van der Waals surface area (Å²) in [6.07, 6.45) is 2.86. The molecule has 1 amide bonds. The number of hydrogen-bond donors (Lipinski definition) is 2. The Kier molecular flexibility index (Phi) is 6.52. The molecule has 2 aromatic carbocycles. The first kappa shape index (κ1) is 18.7. The van der Waals surface area contributed by atoms with E-state index in [1.54, 1.807) is 55.6 Å². The van der Waals surface area contributed by atoms with Crippen LogP contribution in [0.2, 0.25) is 0 Å². The lowest BCUT2D eigenvalue weighted by atomic mass is 10.1. The zero-order chi connectivity index (χ0) is 18.9. The highest BCUT2D eigenvalue weighted by molar-refractivity contribution is 5.94. The smallest absolute Gasteiger partial charge is 0.326 e. The fraction of sp³-hybridized carbons (Fsp3) is 0.150. The highest BCUT2D eigenvalue weighted by Gasteiger charge is 2.19. The molecule has 6 heteroatoms. The Morgan fingerprint density at radius 3 is 2.54 bits per heavy atom. The van der Waals surface area contributed by atoms with Gasteiger partial charge in [0.05, 0.1) is 18.7 Å². The molecule has 0 fully saturated rings. The lowest BCUT2D eigenvalue weighted by molar-refractivity contribution is -0.141. The molecule has 0 aromatic heterocycles. The number of nitrogens with zero attached hydrogens (tertiary/aromatic N) is 1. The van der Waals surface area contributed by atoms with Gasteiger partial charge in [0.25, 0.3) is 0 Å². The van der Waals surface area contributed by atoms with Crippen molar-refractivity contribution in [1.29, 1.82) is 5.26 Å². The van der Waals surface area contributed by atoms with E-state index in [-0.39, 0.29) is 6.42 Å². The molecule has 26 heavy (non-hydrogen) atoms. The summed E-state index contributed by atoms with van der Waals surface area (Å²) >= 11 is 0. The van der Waals surface area contributed by atoms with Crippen molar-refractivity contribution < 1.29 is 19.4 Å². The molecular weight excluding hydrogens is 332 g/mol. The normalized spacial score (nSPS) is 11.5. The van der Waals surface area contributed by atoms with Crippen LogP contribution >= 0.6 is 0 Å². The Morgan fingerprint density at radius 1 is 1.23 bits per heavy atom. The van der Waals surface area contributed by atoms with Crippen LogP contribution in [0.5, 0.6) is 5.75 Å². The number of carbonyl (C=O) groups is 2. The Balaban J connectivity index is 2.04. The van der Waals surface area contributed by atoms with Crippen LogP contribution in [0.3, 0.4) is 0 Å². The third kappa shape index (κ3) is 5.21. The molecule has 6 nitrogen and oxygen atoms in total. The van der Waals surface area contributed by atoms with E-state index in [0.29, 0.717) is 16.9 Å². The number of nitrogens with one attached hydrogen (secondary N) is 1. The maximum atomic E-state index is 12.1. The second kappa shape index (κ2) is 9.04. The van der Waals surface area contributed by atoms with E-state index in [4.69, 9.17) is 10.00 Å². The Labute approximate surface area is 151 Å². The Morgan fingerprint density at radius 2 is 1.92 bits per heavy atom. The van der Waals surface area contributed by atoms with E-state index in [1.165, 1.54) is 12.2 Å². The third-order valence-corrected chi connectivity index (χ3v) is 3.71. The van der Waals surface area contributed by atoms with Gasteiger partial charge in [0.2, 0.25) is 5.91 Å². The number of carboxylic acid groups (broad SMARTS) is 1. The van der Waals surface area contributed by atoms with Crippen molar-refractivity contribution in [3.05, 3.63) is 71.3 Å². The molecule has 0 bridgehead atoms. The lowest BCUT2D eigenvalue weighted by Crippen LogP contribution is -2.41. The van der Waals surface area contributed by atoms with Crippen LogP contribution in [0.25, 0.3) is 6.08 Å². The van der Waals surface area contributed by atoms with Crippen LogP contribution in [0.15, 0.2) is 54.6 Å². The largest absolute Gasteiger partial charge is 0.497 e. The van der Waals surface area contributed by atoms with Crippen LogP contribution < -0.4 is 10.1 Å². The van der Waals surface area contributed by atoms with Crippen molar-refractivity contribution in [2.75, 3.05) is 7.11 Å². The molecule has 0 saturated heterocycles. The standard InChI is InChI=1S/C20H18N2O4/c1-26-17-9-6-14(7-10-17)12-18(20(24)25)22-19(23)11-8-15-4-2-3-5-16(15)13-21/h2-11,18H,12H2,1H3,(H,22,23)(H,24,25)/b11-8+/t18-/m0/s1. The molecular formula is C20H18N2O4. The van der Waals surface area contributed by atoms with Crippen molar-refractivity contribution in [1.82, 2.24) is 5.32 Å². The molecule has 0 unspecified atom stereocenters. The molecule has 0 aliphatic heterocycles. The number of carbonyl (C=O) groups excluding carboxylic acids is 1. The summed E-state index contributed by atoms with van der Waals surface area (Å²) in [5, 5.41) is 20.8. The lowest BCUT2D eigenvalue weighted by Gasteiger charge is -2.13. The minimum absolute atomic E-state index is 0.147. The van der Waals surface area contributed by atoms with E-state index >= 15 is 0 Å². The van der Waals surface area contributed by atoms with Crippen molar-refractivity contribution >= 4 is 18.0 Å². The van der Waals surface area contributed by atoms with Crippen molar-refractivity contribution in [3.63, 3.8) is 0 Å². The zero-order valence-corrected chi connectivity index (χ0v) is 14.2. The van der Waals surface area contributed by atoms with Gasteiger partial charge in [0.1, 0.15) is 11.8 Å². The fourth-order valence-corrected chi connectivity index (χ4v) is 2.33. The van der Waals surface area contributed by atoms with E-state index in [2.05, 4.69) is 5.32 Å². The zero-order valence-electron chi connectivity index (χ0n) is 14.2. The first-order chi connectivity index (χ1) is 12.5. The number of nitriles is 1. The first-order valence-electron chi connectivity index (χ1n) is 7.87. The van der Waals surface area contributed by atoms with Gasteiger partial charge in [-0.25, -0.2) is 4.79 Å². The number of hydrogen-bond acceptors (Lipinski definition) is 4. The molecule has 0 saturated carbocycles. The summed E-state index contributed by atoms with van der Waals surface area (Å²) in [5.74, 6) is -0.998. The molecule has 0 aliphatic carbocycles. The Bertz CT molecular complexity index is 851. The summed E-state index contributed by atoms with van der Waals surface area (Å²) in [6, 6.07) is 14.8. The predicted molar refractivity (Wildman–Crippen MR) is 96.5 cm³/mol. The number of rotatable bonds is 7. The molecule has 1 atom stereocenters. The average molecular weight is 350 g/mol. The molecule has 2 aromatic rings. The third-order valence-electron chi connectivity index (χ3n) is 3.71. The van der Waals surface area contributed by atoms with E-state index < -0.39 is 17.9 Å². The van der Waals surface area contributed by atoms with Crippen LogP contribution in [0, 0.1) is 11.3 Å². The second-order valence-electron chi connectivity index (χ2n) is 5.48. The van der Waals surface area contributed by atoms with Crippen LogP contribution in [0.4, 0.5) is 0 Å². The second-order valence-corrected chi connectivity index (χ2v) is 5.48. The summed E-state index contributed by atoms with van der Waals surface area (Å²) < 4.78 is 5.06. The van der Waals surface area contributed by atoms with E-state index in [1.807, 2.05) is 6.07 Å². The molecule has 0 spiro atoms. The number of amides is 1. The van der Waals surface area contributed by atoms with Crippen LogP contribution in [-0.4, -0.2) is 30.1 Å². The van der Waals surface area contributed by atoms with Gasteiger partial charge in [-0.1, -0.05) is 30.3 Å². The van der Waals surface area contributed by atoms with Gasteiger partial charge >= 0.3 is 5.97 Å². The molecule has 132 valence electrons. The maximum Gasteiger partial charge on any atom is 0.326 e. The number of aliphatic carboxylic acids is 1. The monoisotopic (exact) mass is 350 g/mol. The van der Waals surface area contributed by atoms with Crippen molar-refractivity contribution in [2.45, 2.75) is 12.5 Å². The summed E-state index contributed by atoms with van der Waals surface area (Å²) in [7, 11) is 1.55. The molecule has 0 radical (unpaired) electrons. The van der Waals surface area contributed by atoms with Crippen LogP contribution in [-0.2, 0) is 16.0 Å². The SMILES string of the molecule is COc1ccc(C[C@H](NC(=O)/C=C/c2ccccc2C#N)C(=O)O)cc1.